The second kappa shape index (κ2) is 3.57. The van der Waals surface area contributed by atoms with Crippen molar-refractivity contribution in [2.75, 3.05) is 0 Å². The molecule has 4 nitrogen and oxygen atoms in total. The van der Waals surface area contributed by atoms with Gasteiger partial charge in [-0.3, -0.25) is 5.43 Å². The summed E-state index contributed by atoms with van der Waals surface area (Å²) in [4.78, 5) is 10.7. The molecule has 0 aromatic rings. The molecule has 2 amide bonds. The van der Waals surface area contributed by atoms with Gasteiger partial charge < -0.3 is 5.32 Å². The van der Waals surface area contributed by atoms with Crippen LogP contribution in [0.5, 0.6) is 0 Å². The van der Waals surface area contributed by atoms with Gasteiger partial charge in [0.2, 0.25) is 0 Å². The number of nitrogens with two attached hydrogens (primary N) is 1. The molecule has 66 valence electrons. The summed E-state index contributed by atoms with van der Waals surface area (Å²) in [6.07, 6.45) is 0. The van der Waals surface area contributed by atoms with Gasteiger partial charge in [-0.2, -0.15) is 0 Å². The summed E-state index contributed by atoms with van der Waals surface area (Å²) in [6, 6.07) is -0.238. The number of carbonyl (C=O) groups is 1. The van der Waals surface area contributed by atoms with Crippen LogP contribution in [0.15, 0.2) is 0 Å². The summed E-state index contributed by atoms with van der Waals surface area (Å²) in [6.45, 7) is 8.09. The van der Waals surface area contributed by atoms with E-state index in [1.54, 1.807) is 0 Å². The molecule has 0 rings (SSSR count). The van der Waals surface area contributed by atoms with E-state index in [1.165, 1.54) is 0 Å². The van der Waals surface area contributed by atoms with Gasteiger partial charge in [-0.15, -0.1) is 0 Å². The Morgan fingerprint density at radius 2 is 1.91 bits per heavy atom. The lowest BCUT2D eigenvalue weighted by atomic mass is 9.88. The number of rotatable bonds is 1. The van der Waals surface area contributed by atoms with E-state index in [0.29, 0.717) is 0 Å². The predicted molar refractivity (Wildman–Crippen MR) is 44.8 cm³/mol. The van der Waals surface area contributed by atoms with E-state index >= 15 is 0 Å². The van der Waals surface area contributed by atoms with Gasteiger partial charge in [-0.1, -0.05) is 20.8 Å². The second-order valence-electron chi connectivity index (χ2n) is 3.71. The summed E-state index contributed by atoms with van der Waals surface area (Å²) in [5.41, 5.74) is 2.08. The SMILES string of the molecule is CC(NC(=O)NN)C(C)(C)C. The molecule has 0 spiro atoms. The molecule has 0 aromatic carbocycles. The number of carbonyl (C=O) groups excluding carboxylic acids is 1. The predicted octanol–water partition coefficient (Wildman–Crippen LogP) is 0.594. The Labute approximate surface area is 67.5 Å². The smallest absolute Gasteiger partial charge is 0.329 e. The molecule has 0 fully saturated rings. The van der Waals surface area contributed by atoms with Crippen molar-refractivity contribution in [3.8, 4) is 0 Å². The fourth-order valence-corrected chi connectivity index (χ4v) is 0.455. The third-order valence-electron chi connectivity index (χ3n) is 1.78. The molecule has 0 radical (unpaired) electrons. The largest absolute Gasteiger partial charge is 0.334 e. The highest BCUT2D eigenvalue weighted by atomic mass is 16.2. The minimum atomic E-state index is -0.340. The maximum Gasteiger partial charge on any atom is 0.329 e. The lowest BCUT2D eigenvalue weighted by Gasteiger charge is -2.27. The Morgan fingerprint density at radius 3 is 2.18 bits per heavy atom. The van der Waals surface area contributed by atoms with E-state index in [-0.39, 0.29) is 17.5 Å². The molecule has 0 heterocycles. The Hall–Kier alpha value is -0.770. The molecule has 0 saturated carbocycles. The Kier molecular flexibility index (Phi) is 3.32. The number of hydrazine groups is 1. The summed E-state index contributed by atoms with van der Waals surface area (Å²) in [7, 11) is 0. The second-order valence-corrected chi connectivity index (χ2v) is 3.71. The first-order valence-electron chi connectivity index (χ1n) is 3.65. The minimum Gasteiger partial charge on any atom is -0.334 e. The fraction of sp³-hybridized carbons (Fsp3) is 0.857. The van der Waals surface area contributed by atoms with Crippen LogP contribution < -0.4 is 16.6 Å². The van der Waals surface area contributed by atoms with Crippen LogP contribution in [0.25, 0.3) is 0 Å². The highest BCUT2D eigenvalue weighted by Crippen LogP contribution is 2.17. The average molecular weight is 159 g/mol. The molecule has 0 aliphatic carbocycles. The molecule has 11 heavy (non-hydrogen) atoms. The average Bonchev–Trinajstić information content (AvgIpc) is 1.85. The topological polar surface area (TPSA) is 67.2 Å². The lowest BCUT2D eigenvalue weighted by molar-refractivity contribution is 0.222. The van der Waals surface area contributed by atoms with Crippen molar-refractivity contribution in [2.24, 2.45) is 11.3 Å². The van der Waals surface area contributed by atoms with Gasteiger partial charge in [0.05, 0.1) is 0 Å². The molecule has 1 unspecified atom stereocenters. The van der Waals surface area contributed by atoms with E-state index in [0.717, 1.165) is 0 Å². The van der Waals surface area contributed by atoms with Crippen LogP contribution in [-0.4, -0.2) is 12.1 Å². The molecule has 4 heteroatoms. The van der Waals surface area contributed by atoms with Crippen LogP contribution >= 0.6 is 0 Å². The molecule has 1 atom stereocenters. The van der Waals surface area contributed by atoms with Crippen molar-refractivity contribution >= 4 is 6.03 Å². The molecule has 0 aliphatic rings. The van der Waals surface area contributed by atoms with E-state index in [4.69, 9.17) is 5.84 Å². The standard InChI is InChI=1S/C7H17N3O/c1-5(7(2,3)4)9-6(11)10-8/h5H,8H2,1-4H3,(H2,9,10,11). The molecule has 0 bridgehead atoms. The summed E-state index contributed by atoms with van der Waals surface area (Å²) < 4.78 is 0. The molecule has 0 aromatic heterocycles. The van der Waals surface area contributed by atoms with Gasteiger partial charge in [-0.05, 0) is 12.3 Å². The van der Waals surface area contributed by atoms with Crippen LogP contribution in [0, 0.1) is 5.41 Å². The number of urea groups is 1. The van der Waals surface area contributed by atoms with Crippen LogP contribution in [0.1, 0.15) is 27.7 Å². The van der Waals surface area contributed by atoms with Gasteiger partial charge in [-0.25, -0.2) is 10.6 Å². The Morgan fingerprint density at radius 1 is 1.45 bits per heavy atom. The molecular formula is C7H17N3O. The summed E-state index contributed by atoms with van der Waals surface area (Å²) in [5, 5.41) is 2.69. The number of hydrogen-bond donors (Lipinski definition) is 3. The minimum absolute atomic E-state index is 0.0620. The van der Waals surface area contributed by atoms with Crippen molar-refractivity contribution in [3.05, 3.63) is 0 Å². The quantitative estimate of drug-likeness (QED) is 0.298. The van der Waals surface area contributed by atoms with Crippen LogP contribution in [-0.2, 0) is 0 Å². The van der Waals surface area contributed by atoms with Gasteiger partial charge in [0.15, 0.2) is 0 Å². The zero-order chi connectivity index (χ0) is 9.07. The van der Waals surface area contributed by atoms with Gasteiger partial charge in [0, 0.05) is 6.04 Å². The normalized spacial score (nSPS) is 13.9. The summed E-state index contributed by atoms with van der Waals surface area (Å²) >= 11 is 0. The van der Waals surface area contributed by atoms with E-state index in [9.17, 15) is 4.79 Å². The van der Waals surface area contributed by atoms with Gasteiger partial charge >= 0.3 is 6.03 Å². The maximum atomic E-state index is 10.7. The zero-order valence-corrected chi connectivity index (χ0v) is 7.56. The first-order valence-corrected chi connectivity index (χ1v) is 3.65. The van der Waals surface area contributed by atoms with Gasteiger partial charge in [0.25, 0.3) is 0 Å². The molecule has 4 N–H and O–H groups in total. The van der Waals surface area contributed by atoms with E-state index < -0.39 is 0 Å². The monoisotopic (exact) mass is 159 g/mol. The first kappa shape index (κ1) is 10.2. The third-order valence-corrected chi connectivity index (χ3v) is 1.78. The van der Waals surface area contributed by atoms with Gasteiger partial charge in [0.1, 0.15) is 0 Å². The van der Waals surface area contributed by atoms with Crippen LogP contribution in [0.3, 0.4) is 0 Å². The Bertz CT molecular complexity index is 139. The fourth-order valence-electron chi connectivity index (χ4n) is 0.455. The van der Waals surface area contributed by atoms with E-state index in [1.807, 2.05) is 12.3 Å². The van der Waals surface area contributed by atoms with Crippen molar-refractivity contribution in [1.82, 2.24) is 10.7 Å². The molecular weight excluding hydrogens is 142 g/mol. The van der Waals surface area contributed by atoms with E-state index in [2.05, 4.69) is 26.1 Å². The van der Waals surface area contributed by atoms with Crippen molar-refractivity contribution in [1.29, 1.82) is 0 Å². The molecule has 0 aliphatic heterocycles. The number of amides is 2. The number of nitrogens with one attached hydrogen (secondary N) is 2. The first-order chi connectivity index (χ1) is 4.88. The summed E-state index contributed by atoms with van der Waals surface area (Å²) in [5.74, 6) is 4.90. The lowest BCUT2D eigenvalue weighted by Crippen LogP contribution is -2.48. The van der Waals surface area contributed by atoms with Crippen molar-refractivity contribution in [3.63, 3.8) is 0 Å². The Balaban J connectivity index is 3.87. The molecule has 0 saturated heterocycles. The van der Waals surface area contributed by atoms with Crippen LogP contribution in [0.2, 0.25) is 0 Å². The van der Waals surface area contributed by atoms with Crippen molar-refractivity contribution in [2.45, 2.75) is 33.7 Å². The maximum absolute atomic E-state index is 10.7. The van der Waals surface area contributed by atoms with Crippen LogP contribution in [0.4, 0.5) is 4.79 Å². The highest BCUT2D eigenvalue weighted by Gasteiger charge is 2.20. The third kappa shape index (κ3) is 3.83. The number of hydrogen-bond acceptors (Lipinski definition) is 2. The van der Waals surface area contributed by atoms with Crippen molar-refractivity contribution < 1.29 is 4.79 Å². The zero-order valence-electron chi connectivity index (χ0n) is 7.56. The highest BCUT2D eigenvalue weighted by molar-refractivity contribution is 5.73.